The molecule has 160 valence electrons. The molecule has 0 spiro atoms. The van der Waals surface area contributed by atoms with Crippen LogP contribution in [0.4, 0.5) is 5.95 Å². The number of aromatic nitrogens is 4. The minimum absolute atomic E-state index is 0.105. The summed E-state index contributed by atoms with van der Waals surface area (Å²) in [5.74, 6) is 0.825. The van der Waals surface area contributed by atoms with Crippen molar-refractivity contribution in [1.29, 1.82) is 0 Å². The second-order valence-corrected chi connectivity index (χ2v) is 8.43. The van der Waals surface area contributed by atoms with E-state index in [-0.39, 0.29) is 11.6 Å². The highest BCUT2D eigenvalue weighted by molar-refractivity contribution is 5.86. The van der Waals surface area contributed by atoms with Gasteiger partial charge in [-0.3, -0.25) is 4.79 Å². The van der Waals surface area contributed by atoms with E-state index in [1.807, 2.05) is 23.6 Å². The Hall–Kier alpha value is -3.19. The molecule has 4 aromatic rings. The second-order valence-electron chi connectivity index (χ2n) is 8.43. The van der Waals surface area contributed by atoms with E-state index in [2.05, 4.69) is 41.2 Å². The van der Waals surface area contributed by atoms with Crippen molar-refractivity contribution in [3.8, 4) is 0 Å². The molecule has 2 N–H and O–H groups in total. The van der Waals surface area contributed by atoms with Gasteiger partial charge in [0.15, 0.2) is 0 Å². The molecule has 1 aliphatic heterocycles. The van der Waals surface area contributed by atoms with E-state index < -0.39 is 0 Å². The zero-order chi connectivity index (χ0) is 21.5. The predicted molar refractivity (Wildman–Crippen MR) is 125 cm³/mol. The Morgan fingerprint density at radius 1 is 1.19 bits per heavy atom. The maximum absolute atomic E-state index is 13.5. The molecule has 0 amide bonds. The highest BCUT2D eigenvalue weighted by Gasteiger charge is 2.24. The van der Waals surface area contributed by atoms with E-state index >= 15 is 0 Å². The zero-order valence-corrected chi connectivity index (χ0v) is 18.1. The van der Waals surface area contributed by atoms with E-state index in [4.69, 9.17) is 10.7 Å². The van der Waals surface area contributed by atoms with Crippen LogP contribution in [0.2, 0.25) is 0 Å². The Morgan fingerprint density at radius 2 is 2.03 bits per heavy atom. The number of nitrogens with zero attached hydrogens (tertiary/aromatic N) is 5. The van der Waals surface area contributed by atoms with E-state index in [0.29, 0.717) is 24.1 Å². The lowest BCUT2D eigenvalue weighted by Crippen LogP contribution is -2.44. The van der Waals surface area contributed by atoms with Crippen molar-refractivity contribution in [1.82, 2.24) is 19.3 Å². The van der Waals surface area contributed by atoms with Gasteiger partial charge in [-0.25, -0.2) is 9.67 Å². The number of rotatable bonds is 4. The number of hydrogen-bond acceptors (Lipinski definition) is 5. The Labute approximate surface area is 181 Å². The van der Waals surface area contributed by atoms with E-state index in [1.165, 1.54) is 5.39 Å². The molecule has 0 bridgehead atoms. The number of fused-ring (bicyclic) bond motifs is 2. The molecule has 0 unspecified atom stereocenters. The molecule has 31 heavy (non-hydrogen) atoms. The van der Waals surface area contributed by atoms with Crippen LogP contribution in [-0.4, -0.2) is 38.5 Å². The monoisotopic (exact) mass is 416 g/mol. The number of hydrogen-bond donors (Lipinski definition) is 1. The summed E-state index contributed by atoms with van der Waals surface area (Å²) in [6.45, 7) is 6.91. The quantitative estimate of drug-likeness (QED) is 0.553. The summed E-state index contributed by atoms with van der Waals surface area (Å²) in [5.41, 5.74) is 9.62. The van der Waals surface area contributed by atoms with Crippen molar-refractivity contribution in [2.24, 2.45) is 5.73 Å². The van der Waals surface area contributed by atoms with Gasteiger partial charge in [0.1, 0.15) is 11.0 Å². The van der Waals surface area contributed by atoms with Crippen LogP contribution in [0.15, 0.2) is 47.4 Å². The van der Waals surface area contributed by atoms with Gasteiger partial charge < -0.3 is 15.2 Å². The Balaban J connectivity index is 1.61. The topological polar surface area (TPSA) is 82.0 Å². The van der Waals surface area contributed by atoms with Crippen molar-refractivity contribution in [2.75, 3.05) is 18.0 Å². The summed E-state index contributed by atoms with van der Waals surface area (Å²) in [5, 5.41) is 6.81. The standard InChI is InChI=1S/C24H28N6O/c1-3-29-22-21(27-24(29)28-12-6-8-18(25)14-28)13-26-30(23(22)31)15-20-16(2)10-11-17-7-4-5-9-19(17)20/h4-5,7,9-11,13,18H,3,6,8,12,14-15,25H2,1-2H3/t18-/m1/s1. The van der Waals surface area contributed by atoms with Crippen LogP contribution < -0.4 is 16.2 Å². The van der Waals surface area contributed by atoms with Crippen molar-refractivity contribution < 1.29 is 0 Å². The molecule has 2 aromatic carbocycles. The van der Waals surface area contributed by atoms with Crippen LogP contribution in [0.3, 0.4) is 0 Å². The van der Waals surface area contributed by atoms with E-state index in [1.54, 1.807) is 10.9 Å². The number of aryl methyl sites for hydroxylation is 2. The smallest absolute Gasteiger partial charge is 0.293 e. The highest BCUT2D eigenvalue weighted by Crippen LogP contribution is 2.25. The third kappa shape index (κ3) is 3.39. The molecule has 5 rings (SSSR count). The summed E-state index contributed by atoms with van der Waals surface area (Å²) in [4.78, 5) is 20.5. The minimum atomic E-state index is -0.105. The summed E-state index contributed by atoms with van der Waals surface area (Å²) < 4.78 is 3.58. The summed E-state index contributed by atoms with van der Waals surface area (Å²) in [6, 6.07) is 12.6. The maximum Gasteiger partial charge on any atom is 0.293 e. The summed E-state index contributed by atoms with van der Waals surface area (Å²) in [6.07, 6.45) is 3.79. The lowest BCUT2D eigenvalue weighted by Gasteiger charge is -2.31. The molecule has 0 saturated carbocycles. The second kappa shape index (κ2) is 7.81. The zero-order valence-electron chi connectivity index (χ0n) is 18.1. The first-order valence-electron chi connectivity index (χ1n) is 11.0. The number of imidazole rings is 1. The van der Waals surface area contributed by atoms with Crippen molar-refractivity contribution in [3.05, 3.63) is 64.1 Å². The van der Waals surface area contributed by atoms with Gasteiger partial charge in [-0.15, -0.1) is 0 Å². The van der Waals surface area contributed by atoms with Crippen LogP contribution >= 0.6 is 0 Å². The third-order valence-electron chi connectivity index (χ3n) is 6.37. The Kier molecular flexibility index (Phi) is 4.98. The normalized spacial score (nSPS) is 17.0. The molecule has 0 radical (unpaired) electrons. The third-order valence-corrected chi connectivity index (χ3v) is 6.37. The molecule has 7 heteroatoms. The fourth-order valence-electron chi connectivity index (χ4n) is 4.72. The van der Waals surface area contributed by atoms with Gasteiger partial charge in [0.25, 0.3) is 5.56 Å². The molecule has 2 aromatic heterocycles. The van der Waals surface area contributed by atoms with Gasteiger partial charge in [0, 0.05) is 25.7 Å². The van der Waals surface area contributed by atoms with Crippen LogP contribution in [0.25, 0.3) is 21.8 Å². The first-order chi connectivity index (χ1) is 15.1. The minimum Gasteiger partial charge on any atom is -0.341 e. The summed E-state index contributed by atoms with van der Waals surface area (Å²) in [7, 11) is 0. The van der Waals surface area contributed by atoms with Crippen LogP contribution in [0.1, 0.15) is 30.9 Å². The largest absolute Gasteiger partial charge is 0.341 e. The van der Waals surface area contributed by atoms with Gasteiger partial charge in [0.2, 0.25) is 5.95 Å². The number of benzene rings is 2. The van der Waals surface area contributed by atoms with Gasteiger partial charge in [-0.2, -0.15) is 5.10 Å². The molecule has 1 fully saturated rings. The van der Waals surface area contributed by atoms with Gasteiger partial charge in [-0.05, 0) is 48.6 Å². The average Bonchev–Trinajstić information content (AvgIpc) is 3.17. The van der Waals surface area contributed by atoms with Crippen LogP contribution in [0, 0.1) is 6.92 Å². The molecule has 3 heterocycles. The molecular weight excluding hydrogens is 388 g/mol. The fraction of sp³-hybridized carbons (Fsp3) is 0.375. The van der Waals surface area contributed by atoms with Crippen molar-refractivity contribution in [2.45, 2.75) is 45.8 Å². The van der Waals surface area contributed by atoms with Crippen LogP contribution in [-0.2, 0) is 13.1 Å². The van der Waals surface area contributed by atoms with Gasteiger partial charge >= 0.3 is 0 Å². The number of piperidine rings is 1. The molecule has 1 aliphatic rings. The SMILES string of the molecule is CCn1c(N2CCC[C@@H](N)C2)nc2cnn(Cc3c(C)ccc4ccccc34)c(=O)c21. The average molecular weight is 417 g/mol. The first-order valence-corrected chi connectivity index (χ1v) is 11.0. The Morgan fingerprint density at radius 3 is 2.84 bits per heavy atom. The molecule has 1 saturated heterocycles. The molecule has 1 atom stereocenters. The van der Waals surface area contributed by atoms with Crippen molar-refractivity contribution in [3.63, 3.8) is 0 Å². The lowest BCUT2D eigenvalue weighted by atomic mass is 10.00. The lowest BCUT2D eigenvalue weighted by molar-refractivity contribution is 0.494. The van der Waals surface area contributed by atoms with Gasteiger partial charge in [-0.1, -0.05) is 36.4 Å². The van der Waals surface area contributed by atoms with Gasteiger partial charge in [0.05, 0.1) is 12.7 Å². The maximum atomic E-state index is 13.5. The first kappa shape index (κ1) is 19.8. The van der Waals surface area contributed by atoms with E-state index in [9.17, 15) is 4.79 Å². The number of anilines is 1. The van der Waals surface area contributed by atoms with Crippen LogP contribution in [0.5, 0.6) is 0 Å². The van der Waals surface area contributed by atoms with E-state index in [0.717, 1.165) is 48.4 Å². The van der Waals surface area contributed by atoms with Crippen molar-refractivity contribution >= 4 is 27.8 Å². The number of nitrogens with two attached hydrogens (primary N) is 1. The molecular formula is C24H28N6O. The predicted octanol–water partition coefficient (Wildman–Crippen LogP) is 3.05. The Bertz CT molecular complexity index is 1320. The highest BCUT2D eigenvalue weighted by atomic mass is 16.1. The molecule has 0 aliphatic carbocycles. The fourth-order valence-corrected chi connectivity index (χ4v) is 4.72. The molecule has 7 nitrogen and oxygen atoms in total. The summed E-state index contributed by atoms with van der Waals surface area (Å²) >= 11 is 0.